The number of hydrogen-bond donors (Lipinski definition) is 0. The molecule has 1 aromatic heterocycles. The van der Waals surface area contributed by atoms with Crippen molar-refractivity contribution in [3.8, 4) is 11.5 Å². The Bertz CT molecular complexity index is 1190. The summed E-state index contributed by atoms with van der Waals surface area (Å²) in [6.45, 7) is 13.5. The van der Waals surface area contributed by atoms with Gasteiger partial charge in [0.15, 0.2) is 6.61 Å². The third kappa shape index (κ3) is 4.96. The predicted molar refractivity (Wildman–Crippen MR) is 137 cm³/mol. The van der Waals surface area contributed by atoms with Gasteiger partial charge in [-0.2, -0.15) is 0 Å². The van der Waals surface area contributed by atoms with Crippen molar-refractivity contribution < 1.29 is 14.3 Å². The number of amides is 1. The highest BCUT2D eigenvalue weighted by molar-refractivity contribution is 5.89. The molecule has 6 nitrogen and oxygen atoms in total. The molecule has 34 heavy (non-hydrogen) atoms. The van der Waals surface area contributed by atoms with Crippen molar-refractivity contribution in [2.45, 2.75) is 40.0 Å². The lowest BCUT2D eigenvalue weighted by molar-refractivity contribution is -0.133. The maximum Gasteiger partial charge on any atom is 0.260 e. The highest BCUT2D eigenvalue weighted by Gasteiger charge is 2.24. The van der Waals surface area contributed by atoms with E-state index in [2.05, 4.69) is 57.7 Å². The quantitative estimate of drug-likeness (QED) is 0.542. The van der Waals surface area contributed by atoms with Crippen molar-refractivity contribution in [1.82, 2.24) is 9.88 Å². The fraction of sp³-hybridized carbons (Fsp3) is 0.429. The van der Waals surface area contributed by atoms with Gasteiger partial charge in [-0.15, -0.1) is 0 Å². The van der Waals surface area contributed by atoms with Crippen LogP contribution in [0, 0.1) is 13.8 Å². The summed E-state index contributed by atoms with van der Waals surface area (Å²) in [6, 6.07) is 14.3. The zero-order valence-corrected chi connectivity index (χ0v) is 21.1. The number of pyridine rings is 1. The zero-order valence-electron chi connectivity index (χ0n) is 21.1. The third-order valence-electron chi connectivity index (χ3n) is 6.47. The summed E-state index contributed by atoms with van der Waals surface area (Å²) in [6.07, 6.45) is 0. The molecule has 1 saturated heterocycles. The maximum atomic E-state index is 12.9. The molecule has 1 fully saturated rings. The monoisotopic (exact) mass is 461 g/mol. The number of hydrogen-bond acceptors (Lipinski definition) is 5. The van der Waals surface area contributed by atoms with Crippen molar-refractivity contribution in [2.75, 3.05) is 44.8 Å². The van der Waals surface area contributed by atoms with Crippen molar-refractivity contribution in [3.05, 3.63) is 59.2 Å². The highest BCUT2D eigenvalue weighted by atomic mass is 16.5. The Balaban J connectivity index is 1.40. The van der Waals surface area contributed by atoms with Crippen molar-refractivity contribution >= 4 is 22.6 Å². The van der Waals surface area contributed by atoms with E-state index in [-0.39, 0.29) is 17.9 Å². The Hall–Kier alpha value is -3.28. The van der Waals surface area contributed by atoms with Crippen molar-refractivity contribution in [3.63, 3.8) is 0 Å². The number of nitrogens with zero attached hydrogens (tertiary/aromatic N) is 3. The van der Waals surface area contributed by atoms with Gasteiger partial charge in [0.2, 0.25) is 0 Å². The lowest BCUT2D eigenvalue weighted by Crippen LogP contribution is -2.50. The molecule has 0 N–H and O–H groups in total. The first-order valence-corrected chi connectivity index (χ1v) is 11.9. The molecular weight excluding hydrogens is 426 g/mol. The Kier molecular flexibility index (Phi) is 6.69. The summed E-state index contributed by atoms with van der Waals surface area (Å²) >= 11 is 0. The summed E-state index contributed by atoms with van der Waals surface area (Å²) in [5.74, 6) is 2.51. The van der Waals surface area contributed by atoms with Gasteiger partial charge in [0.05, 0.1) is 7.11 Å². The van der Waals surface area contributed by atoms with Crippen LogP contribution in [0.3, 0.4) is 0 Å². The molecule has 0 bridgehead atoms. The Morgan fingerprint density at radius 3 is 2.41 bits per heavy atom. The minimum Gasteiger partial charge on any atom is -0.494 e. The summed E-state index contributed by atoms with van der Waals surface area (Å²) in [4.78, 5) is 21.9. The number of ether oxygens (including phenoxy) is 2. The van der Waals surface area contributed by atoms with Crippen LogP contribution in [-0.4, -0.2) is 55.7 Å². The molecule has 0 radical (unpaired) electrons. The second-order valence-electron chi connectivity index (χ2n) is 10.1. The van der Waals surface area contributed by atoms with Crippen LogP contribution in [0.1, 0.15) is 37.5 Å². The van der Waals surface area contributed by atoms with Crippen LogP contribution in [0.5, 0.6) is 11.5 Å². The molecule has 1 aliphatic heterocycles. The highest BCUT2D eigenvalue weighted by Crippen LogP contribution is 2.32. The predicted octanol–water partition coefficient (Wildman–Crippen LogP) is 4.89. The first-order chi connectivity index (χ1) is 16.2. The van der Waals surface area contributed by atoms with E-state index in [1.807, 2.05) is 29.2 Å². The van der Waals surface area contributed by atoms with E-state index in [4.69, 9.17) is 14.5 Å². The molecule has 0 aliphatic carbocycles. The first kappa shape index (κ1) is 23.9. The van der Waals surface area contributed by atoms with Gasteiger partial charge in [-0.3, -0.25) is 4.79 Å². The number of carbonyl (C=O) groups is 1. The molecule has 0 atom stereocenters. The number of rotatable bonds is 5. The Morgan fingerprint density at radius 2 is 1.74 bits per heavy atom. The Labute approximate surface area is 202 Å². The first-order valence-electron chi connectivity index (χ1n) is 11.9. The minimum atomic E-state index is -0.0519. The molecule has 180 valence electrons. The van der Waals surface area contributed by atoms with Crippen LogP contribution in [0.25, 0.3) is 10.9 Å². The number of aryl methyl sites for hydroxylation is 2. The number of methoxy groups -OCH3 is 1. The van der Waals surface area contributed by atoms with Crippen molar-refractivity contribution in [1.29, 1.82) is 0 Å². The molecule has 3 aromatic rings. The molecule has 2 aromatic carbocycles. The van der Waals surface area contributed by atoms with E-state index < -0.39 is 0 Å². The fourth-order valence-electron chi connectivity index (χ4n) is 4.47. The average Bonchev–Trinajstić information content (AvgIpc) is 2.82. The standard InChI is InChI=1S/C28H35N3O3/c1-19-10-11-23(22(16-19)28(3,4)5)34-18-26(32)31-14-12-30(13-15-31)25-17-20(2)21-8-7-9-24(33-6)27(21)29-25/h7-11,16-17H,12-15,18H2,1-6H3. The van der Waals surface area contributed by atoms with E-state index in [1.54, 1.807) is 7.11 Å². The van der Waals surface area contributed by atoms with Gasteiger partial charge >= 0.3 is 0 Å². The van der Waals surface area contributed by atoms with Gasteiger partial charge < -0.3 is 19.3 Å². The van der Waals surface area contributed by atoms with Gasteiger partial charge in [-0.1, -0.05) is 50.6 Å². The molecular formula is C28H35N3O3. The largest absolute Gasteiger partial charge is 0.494 e. The number of piperazine rings is 1. The molecule has 2 heterocycles. The van der Waals surface area contributed by atoms with Gasteiger partial charge in [-0.25, -0.2) is 4.98 Å². The van der Waals surface area contributed by atoms with Crippen LogP contribution in [0.15, 0.2) is 42.5 Å². The van der Waals surface area contributed by atoms with E-state index in [9.17, 15) is 4.79 Å². The van der Waals surface area contributed by atoms with Gasteiger partial charge in [0.25, 0.3) is 5.91 Å². The lowest BCUT2D eigenvalue weighted by atomic mass is 9.85. The van der Waals surface area contributed by atoms with Crippen molar-refractivity contribution in [2.24, 2.45) is 0 Å². The summed E-state index contributed by atoms with van der Waals surface area (Å²) in [5, 5.41) is 1.10. The molecule has 0 unspecified atom stereocenters. The van der Waals surface area contributed by atoms with Crippen LogP contribution in [0.2, 0.25) is 0 Å². The van der Waals surface area contributed by atoms with Gasteiger partial charge in [0, 0.05) is 31.6 Å². The van der Waals surface area contributed by atoms with E-state index in [1.165, 1.54) is 11.1 Å². The maximum absolute atomic E-state index is 12.9. The second kappa shape index (κ2) is 9.53. The van der Waals surface area contributed by atoms with Crippen LogP contribution >= 0.6 is 0 Å². The number of aromatic nitrogens is 1. The SMILES string of the molecule is COc1cccc2c(C)cc(N3CCN(C(=O)COc4ccc(C)cc4C(C)(C)C)CC3)nc12. The average molecular weight is 462 g/mol. The molecule has 4 rings (SSSR count). The van der Waals surface area contributed by atoms with Gasteiger partial charge in [-0.05, 0) is 48.6 Å². The number of carbonyl (C=O) groups excluding carboxylic acids is 1. The normalized spacial score (nSPS) is 14.4. The minimum absolute atomic E-state index is 0.0180. The van der Waals surface area contributed by atoms with E-state index >= 15 is 0 Å². The molecule has 6 heteroatoms. The second-order valence-corrected chi connectivity index (χ2v) is 10.1. The molecule has 1 aliphatic rings. The van der Waals surface area contributed by atoms with Gasteiger partial charge in [0.1, 0.15) is 22.8 Å². The smallest absolute Gasteiger partial charge is 0.260 e. The number of anilines is 1. The molecule has 1 amide bonds. The van der Waals surface area contributed by atoms with Crippen LogP contribution in [-0.2, 0) is 10.2 Å². The zero-order chi connectivity index (χ0) is 24.5. The summed E-state index contributed by atoms with van der Waals surface area (Å²) in [7, 11) is 1.67. The van der Waals surface area contributed by atoms with E-state index in [0.29, 0.717) is 13.1 Å². The molecule has 0 saturated carbocycles. The Morgan fingerprint density at radius 1 is 1.00 bits per heavy atom. The number of fused-ring (bicyclic) bond motifs is 1. The van der Waals surface area contributed by atoms with Crippen LogP contribution < -0.4 is 14.4 Å². The topological polar surface area (TPSA) is 54.9 Å². The summed E-state index contributed by atoms with van der Waals surface area (Å²) < 4.78 is 11.5. The van der Waals surface area contributed by atoms with E-state index in [0.717, 1.165) is 46.9 Å². The third-order valence-corrected chi connectivity index (χ3v) is 6.47. The summed E-state index contributed by atoms with van der Waals surface area (Å²) in [5.41, 5.74) is 4.30. The lowest BCUT2D eigenvalue weighted by Gasteiger charge is -2.35. The fourth-order valence-corrected chi connectivity index (χ4v) is 4.47. The molecule has 0 spiro atoms. The number of benzene rings is 2. The number of para-hydroxylation sites is 1. The van der Waals surface area contributed by atoms with Crippen LogP contribution in [0.4, 0.5) is 5.82 Å².